The molecule has 3 nitrogen and oxygen atoms in total. The van der Waals surface area contributed by atoms with E-state index < -0.39 is 5.60 Å². The fraction of sp³-hybridized carbons (Fsp3) is 1.00. The van der Waals surface area contributed by atoms with Crippen LogP contribution in [0.1, 0.15) is 33.6 Å². The molecule has 1 atom stereocenters. The van der Waals surface area contributed by atoms with Crippen molar-refractivity contribution >= 4 is 0 Å². The number of piperazine rings is 1. The predicted octanol–water partition coefficient (Wildman–Crippen LogP) is 1.17. The molecule has 1 N–H and O–H groups in total. The molecule has 3 heteroatoms. The van der Waals surface area contributed by atoms with Gasteiger partial charge in [0.15, 0.2) is 0 Å². The molecule has 1 saturated heterocycles. The summed E-state index contributed by atoms with van der Waals surface area (Å²) in [5.74, 6) is 0. The molecule has 1 heterocycles. The number of β-amino-alcohol motifs (C(OH)–C–C–N with tert-alkyl or cyclic N) is 1. The summed E-state index contributed by atoms with van der Waals surface area (Å²) in [6, 6.07) is 0.608. The smallest absolute Gasteiger partial charge is 0.0768 e. The van der Waals surface area contributed by atoms with E-state index >= 15 is 0 Å². The molecule has 15 heavy (non-hydrogen) atoms. The van der Waals surface area contributed by atoms with Gasteiger partial charge in [-0.15, -0.1) is 0 Å². The van der Waals surface area contributed by atoms with E-state index in [4.69, 9.17) is 0 Å². The van der Waals surface area contributed by atoms with Crippen molar-refractivity contribution in [1.82, 2.24) is 9.80 Å². The average Bonchev–Trinajstić information content (AvgIpc) is 2.23. The lowest BCUT2D eigenvalue weighted by Gasteiger charge is -2.41. The monoisotopic (exact) mass is 214 g/mol. The van der Waals surface area contributed by atoms with Crippen LogP contribution in [0.25, 0.3) is 0 Å². The van der Waals surface area contributed by atoms with E-state index in [2.05, 4.69) is 37.6 Å². The van der Waals surface area contributed by atoms with Gasteiger partial charge in [0.05, 0.1) is 5.60 Å². The van der Waals surface area contributed by atoms with Crippen LogP contribution in [0.2, 0.25) is 0 Å². The molecule has 1 aliphatic heterocycles. The maximum Gasteiger partial charge on any atom is 0.0768 e. The molecular formula is C12H26N2O. The zero-order valence-corrected chi connectivity index (χ0v) is 10.7. The van der Waals surface area contributed by atoms with E-state index in [1.807, 2.05) is 0 Å². The lowest BCUT2D eigenvalue weighted by Crippen LogP contribution is -2.54. The minimum atomic E-state index is -0.477. The van der Waals surface area contributed by atoms with Gasteiger partial charge in [0, 0.05) is 32.2 Å². The molecule has 1 unspecified atom stereocenters. The molecule has 0 saturated carbocycles. The van der Waals surface area contributed by atoms with Crippen molar-refractivity contribution in [2.75, 3.05) is 33.2 Å². The summed E-state index contributed by atoms with van der Waals surface area (Å²) in [5, 5.41) is 10.3. The SMILES string of the molecule is CCC(O)(CC)CN1CCN(C)C(C)C1. The predicted molar refractivity (Wildman–Crippen MR) is 64.1 cm³/mol. The zero-order valence-electron chi connectivity index (χ0n) is 10.7. The zero-order chi connectivity index (χ0) is 11.5. The maximum atomic E-state index is 10.3. The Hall–Kier alpha value is -0.120. The van der Waals surface area contributed by atoms with Gasteiger partial charge in [-0.3, -0.25) is 4.90 Å². The van der Waals surface area contributed by atoms with Gasteiger partial charge in [-0.2, -0.15) is 0 Å². The Balaban J connectivity index is 2.45. The molecule has 90 valence electrons. The molecule has 0 aromatic carbocycles. The normalized spacial score (nSPS) is 25.8. The molecule has 0 spiro atoms. The van der Waals surface area contributed by atoms with Crippen LogP contribution in [-0.4, -0.2) is 59.8 Å². The van der Waals surface area contributed by atoms with Gasteiger partial charge in [-0.25, -0.2) is 0 Å². The topological polar surface area (TPSA) is 26.7 Å². The Kier molecular flexibility index (Phi) is 4.56. The first kappa shape index (κ1) is 12.9. The van der Waals surface area contributed by atoms with Crippen LogP contribution in [0, 0.1) is 0 Å². The summed E-state index contributed by atoms with van der Waals surface area (Å²) >= 11 is 0. The first-order chi connectivity index (χ1) is 7.00. The summed E-state index contributed by atoms with van der Waals surface area (Å²) < 4.78 is 0. The lowest BCUT2D eigenvalue weighted by molar-refractivity contribution is -0.0212. The first-order valence-corrected chi connectivity index (χ1v) is 6.15. The van der Waals surface area contributed by atoms with Gasteiger partial charge in [0.2, 0.25) is 0 Å². The highest BCUT2D eigenvalue weighted by Gasteiger charge is 2.29. The highest BCUT2D eigenvalue weighted by atomic mass is 16.3. The van der Waals surface area contributed by atoms with E-state index in [1.165, 1.54) is 0 Å². The number of hydrogen-bond donors (Lipinski definition) is 1. The maximum absolute atomic E-state index is 10.3. The van der Waals surface area contributed by atoms with Gasteiger partial charge in [0.25, 0.3) is 0 Å². The molecular weight excluding hydrogens is 188 g/mol. The second-order valence-electron chi connectivity index (χ2n) is 5.00. The largest absolute Gasteiger partial charge is 0.389 e. The molecule has 0 amide bonds. The van der Waals surface area contributed by atoms with Crippen molar-refractivity contribution in [2.24, 2.45) is 0 Å². The van der Waals surface area contributed by atoms with Gasteiger partial charge in [0.1, 0.15) is 0 Å². The minimum Gasteiger partial charge on any atom is -0.389 e. The molecule has 0 aromatic rings. The molecule has 0 aromatic heterocycles. The van der Waals surface area contributed by atoms with Crippen molar-refractivity contribution in [3.8, 4) is 0 Å². The summed E-state index contributed by atoms with van der Waals surface area (Å²) in [6.45, 7) is 10.5. The third-order valence-corrected chi connectivity index (χ3v) is 3.88. The van der Waals surface area contributed by atoms with Crippen molar-refractivity contribution in [3.05, 3.63) is 0 Å². The Morgan fingerprint density at radius 3 is 2.33 bits per heavy atom. The molecule has 0 radical (unpaired) electrons. The van der Waals surface area contributed by atoms with Crippen molar-refractivity contribution < 1.29 is 5.11 Å². The fourth-order valence-corrected chi connectivity index (χ4v) is 2.16. The Morgan fingerprint density at radius 1 is 1.27 bits per heavy atom. The van der Waals surface area contributed by atoms with Crippen LogP contribution in [0.5, 0.6) is 0 Å². The molecule has 1 aliphatic rings. The third-order valence-electron chi connectivity index (χ3n) is 3.88. The highest BCUT2D eigenvalue weighted by Crippen LogP contribution is 2.18. The summed E-state index contributed by atoms with van der Waals surface area (Å²) in [6.07, 6.45) is 1.70. The number of likely N-dealkylation sites (N-methyl/N-ethyl adjacent to an activating group) is 1. The Bertz CT molecular complexity index is 192. The minimum absolute atomic E-state index is 0.477. The van der Waals surface area contributed by atoms with Crippen molar-refractivity contribution in [1.29, 1.82) is 0 Å². The van der Waals surface area contributed by atoms with Crippen LogP contribution in [0.15, 0.2) is 0 Å². The average molecular weight is 214 g/mol. The number of hydrogen-bond acceptors (Lipinski definition) is 3. The lowest BCUT2D eigenvalue weighted by atomic mass is 9.96. The van der Waals surface area contributed by atoms with E-state index in [-0.39, 0.29) is 0 Å². The Labute approximate surface area is 94.1 Å². The highest BCUT2D eigenvalue weighted by molar-refractivity contribution is 4.84. The van der Waals surface area contributed by atoms with Crippen molar-refractivity contribution in [3.63, 3.8) is 0 Å². The second-order valence-corrected chi connectivity index (χ2v) is 5.00. The van der Waals surface area contributed by atoms with E-state index in [9.17, 15) is 5.11 Å². The number of rotatable bonds is 4. The van der Waals surface area contributed by atoms with Gasteiger partial charge in [-0.1, -0.05) is 13.8 Å². The summed E-state index contributed by atoms with van der Waals surface area (Å²) in [7, 11) is 2.17. The van der Waals surface area contributed by atoms with Crippen LogP contribution in [0.3, 0.4) is 0 Å². The molecule has 0 aliphatic carbocycles. The second kappa shape index (κ2) is 5.28. The first-order valence-electron chi connectivity index (χ1n) is 6.15. The van der Waals surface area contributed by atoms with E-state index in [1.54, 1.807) is 0 Å². The van der Waals surface area contributed by atoms with E-state index in [0.717, 1.165) is 39.0 Å². The number of aliphatic hydroxyl groups is 1. The standard InChI is InChI=1S/C12H26N2O/c1-5-12(15,6-2)10-14-8-7-13(4)11(3)9-14/h11,15H,5-10H2,1-4H3. The van der Waals surface area contributed by atoms with E-state index in [0.29, 0.717) is 6.04 Å². The fourth-order valence-electron chi connectivity index (χ4n) is 2.16. The van der Waals surface area contributed by atoms with Crippen molar-refractivity contribution in [2.45, 2.75) is 45.3 Å². The molecule has 1 rings (SSSR count). The van der Waals surface area contributed by atoms with Crippen LogP contribution in [-0.2, 0) is 0 Å². The number of nitrogens with zero attached hydrogens (tertiary/aromatic N) is 2. The Morgan fingerprint density at radius 2 is 1.87 bits per heavy atom. The summed E-state index contributed by atoms with van der Waals surface area (Å²) in [5.41, 5.74) is -0.477. The van der Waals surface area contributed by atoms with Crippen LogP contribution < -0.4 is 0 Å². The van der Waals surface area contributed by atoms with Gasteiger partial charge in [-0.05, 0) is 26.8 Å². The van der Waals surface area contributed by atoms with Crippen LogP contribution in [0.4, 0.5) is 0 Å². The van der Waals surface area contributed by atoms with Crippen LogP contribution >= 0.6 is 0 Å². The summed E-state index contributed by atoms with van der Waals surface area (Å²) in [4.78, 5) is 4.78. The quantitative estimate of drug-likeness (QED) is 0.761. The van der Waals surface area contributed by atoms with Gasteiger partial charge < -0.3 is 10.0 Å². The molecule has 0 bridgehead atoms. The molecule has 1 fully saturated rings. The third kappa shape index (κ3) is 3.44. The van der Waals surface area contributed by atoms with Gasteiger partial charge >= 0.3 is 0 Å².